The fraction of sp³-hybridized carbons (Fsp3) is 0.750. The molecule has 5 heteroatoms. The lowest BCUT2D eigenvalue weighted by Gasteiger charge is -2.34. The van der Waals surface area contributed by atoms with Gasteiger partial charge in [-0.25, -0.2) is 0 Å². The second-order valence-corrected chi connectivity index (χ2v) is 6.30. The predicted molar refractivity (Wildman–Crippen MR) is 80.3 cm³/mol. The van der Waals surface area contributed by atoms with Crippen LogP contribution in [0, 0.1) is 0 Å². The van der Waals surface area contributed by atoms with Crippen LogP contribution in [0.25, 0.3) is 0 Å². The standard InChI is InChI=1S/C16H25N3O2/c1-3-12(2)19-8-6-13(17-19)9-15(20)16-10-18-7-4-5-14(18)11-21-16/h6,8,12,14,16H,3-5,7,9-11H2,1-2H3. The highest BCUT2D eigenvalue weighted by Gasteiger charge is 2.35. The van der Waals surface area contributed by atoms with Gasteiger partial charge in [0.2, 0.25) is 0 Å². The van der Waals surface area contributed by atoms with Gasteiger partial charge < -0.3 is 4.74 Å². The van der Waals surface area contributed by atoms with E-state index in [0.717, 1.165) is 25.2 Å². The van der Waals surface area contributed by atoms with Gasteiger partial charge in [-0.1, -0.05) is 6.92 Å². The van der Waals surface area contributed by atoms with Gasteiger partial charge in [0.05, 0.1) is 18.7 Å². The molecule has 0 aromatic carbocycles. The first-order valence-electron chi connectivity index (χ1n) is 8.09. The molecule has 5 nitrogen and oxygen atoms in total. The highest BCUT2D eigenvalue weighted by molar-refractivity contribution is 5.85. The van der Waals surface area contributed by atoms with Crippen molar-refractivity contribution in [3.8, 4) is 0 Å². The number of rotatable bonds is 5. The zero-order valence-corrected chi connectivity index (χ0v) is 13.0. The SMILES string of the molecule is CCC(C)n1ccc(CC(=O)C2CN3CCCC3CO2)n1. The molecule has 0 saturated carbocycles. The van der Waals surface area contributed by atoms with E-state index in [-0.39, 0.29) is 11.9 Å². The molecule has 2 aliphatic rings. The van der Waals surface area contributed by atoms with Gasteiger partial charge in [0.1, 0.15) is 6.10 Å². The molecule has 2 aliphatic heterocycles. The number of ether oxygens (including phenoxy) is 1. The average molecular weight is 291 g/mol. The summed E-state index contributed by atoms with van der Waals surface area (Å²) in [4.78, 5) is 14.8. The number of nitrogens with zero attached hydrogens (tertiary/aromatic N) is 3. The van der Waals surface area contributed by atoms with E-state index in [0.29, 0.717) is 25.1 Å². The molecular weight excluding hydrogens is 266 g/mol. The highest BCUT2D eigenvalue weighted by atomic mass is 16.5. The molecule has 0 radical (unpaired) electrons. The van der Waals surface area contributed by atoms with Crippen molar-refractivity contribution < 1.29 is 9.53 Å². The normalized spacial score (nSPS) is 27.5. The first-order valence-corrected chi connectivity index (χ1v) is 8.09. The van der Waals surface area contributed by atoms with Crippen LogP contribution >= 0.6 is 0 Å². The number of carbonyl (C=O) groups excluding carboxylic acids is 1. The molecule has 116 valence electrons. The lowest BCUT2D eigenvalue weighted by atomic mass is 10.1. The minimum absolute atomic E-state index is 0.162. The van der Waals surface area contributed by atoms with Gasteiger partial charge in [-0.2, -0.15) is 5.10 Å². The summed E-state index contributed by atoms with van der Waals surface area (Å²) in [7, 11) is 0. The molecule has 3 unspecified atom stereocenters. The van der Waals surface area contributed by atoms with Gasteiger partial charge >= 0.3 is 0 Å². The van der Waals surface area contributed by atoms with Crippen molar-refractivity contribution in [2.45, 2.75) is 57.7 Å². The third-order valence-corrected chi connectivity index (χ3v) is 4.81. The van der Waals surface area contributed by atoms with Crippen LogP contribution in [0.5, 0.6) is 0 Å². The Morgan fingerprint density at radius 1 is 1.57 bits per heavy atom. The van der Waals surface area contributed by atoms with Crippen molar-refractivity contribution in [3.63, 3.8) is 0 Å². The zero-order chi connectivity index (χ0) is 14.8. The summed E-state index contributed by atoms with van der Waals surface area (Å²) in [5.74, 6) is 0.162. The highest BCUT2D eigenvalue weighted by Crippen LogP contribution is 2.23. The lowest BCUT2D eigenvalue weighted by molar-refractivity contribution is -0.137. The fourth-order valence-corrected chi connectivity index (χ4v) is 3.21. The van der Waals surface area contributed by atoms with Gasteiger partial charge in [-0.05, 0) is 38.8 Å². The summed E-state index contributed by atoms with van der Waals surface area (Å²) in [6, 6.07) is 2.87. The topological polar surface area (TPSA) is 47.4 Å². The molecule has 21 heavy (non-hydrogen) atoms. The van der Waals surface area contributed by atoms with Gasteiger partial charge in [0.25, 0.3) is 0 Å². The molecule has 3 rings (SSSR count). The molecule has 0 spiro atoms. The van der Waals surface area contributed by atoms with E-state index in [1.54, 1.807) is 0 Å². The van der Waals surface area contributed by atoms with Gasteiger partial charge in [0.15, 0.2) is 5.78 Å². The van der Waals surface area contributed by atoms with Crippen LogP contribution in [0.4, 0.5) is 0 Å². The molecule has 1 aromatic heterocycles. The van der Waals surface area contributed by atoms with Crippen molar-refractivity contribution in [1.82, 2.24) is 14.7 Å². The summed E-state index contributed by atoms with van der Waals surface area (Å²) in [6.45, 7) is 6.85. The van der Waals surface area contributed by atoms with Crippen molar-refractivity contribution in [2.24, 2.45) is 0 Å². The maximum absolute atomic E-state index is 12.4. The molecule has 2 fully saturated rings. The number of aromatic nitrogens is 2. The summed E-state index contributed by atoms with van der Waals surface area (Å²) in [5.41, 5.74) is 0.854. The van der Waals surface area contributed by atoms with Gasteiger partial charge in [0, 0.05) is 24.8 Å². The van der Waals surface area contributed by atoms with Crippen LogP contribution < -0.4 is 0 Å². The predicted octanol–water partition coefficient (Wildman–Crippen LogP) is 1.83. The summed E-state index contributed by atoms with van der Waals surface area (Å²) >= 11 is 0. The van der Waals surface area contributed by atoms with E-state index >= 15 is 0 Å². The molecule has 0 N–H and O–H groups in total. The summed E-state index contributed by atoms with van der Waals surface area (Å²) < 4.78 is 7.72. The Balaban J connectivity index is 1.57. The van der Waals surface area contributed by atoms with Crippen LogP contribution in [0.1, 0.15) is 44.8 Å². The molecule has 3 heterocycles. The van der Waals surface area contributed by atoms with E-state index in [1.807, 2.05) is 16.9 Å². The second kappa shape index (κ2) is 6.28. The van der Waals surface area contributed by atoms with Crippen LogP contribution in [0.2, 0.25) is 0 Å². The number of morpholine rings is 1. The van der Waals surface area contributed by atoms with E-state index < -0.39 is 0 Å². The van der Waals surface area contributed by atoms with Crippen LogP contribution in [0.3, 0.4) is 0 Å². The van der Waals surface area contributed by atoms with Gasteiger partial charge in [-0.3, -0.25) is 14.4 Å². The third-order valence-electron chi connectivity index (χ3n) is 4.81. The van der Waals surface area contributed by atoms with E-state index in [2.05, 4.69) is 23.8 Å². The number of hydrogen-bond acceptors (Lipinski definition) is 4. The number of Topliss-reactive ketones (excluding diaryl/α,β-unsaturated/α-hetero) is 1. The fourth-order valence-electron chi connectivity index (χ4n) is 3.21. The number of ketones is 1. The van der Waals surface area contributed by atoms with Gasteiger partial charge in [-0.15, -0.1) is 0 Å². The van der Waals surface area contributed by atoms with Crippen molar-refractivity contribution >= 4 is 5.78 Å². The maximum Gasteiger partial charge on any atom is 0.168 e. The molecule has 2 saturated heterocycles. The van der Waals surface area contributed by atoms with Crippen molar-refractivity contribution in [3.05, 3.63) is 18.0 Å². The monoisotopic (exact) mass is 291 g/mol. The third kappa shape index (κ3) is 3.19. The minimum atomic E-state index is -0.270. The first-order chi connectivity index (χ1) is 10.2. The molecule has 3 atom stereocenters. The Kier molecular flexibility index (Phi) is 4.40. The quantitative estimate of drug-likeness (QED) is 0.830. The smallest absolute Gasteiger partial charge is 0.168 e. The van der Waals surface area contributed by atoms with E-state index in [9.17, 15) is 4.79 Å². The van der Waals surface area contributed by atoms with Crippen LogP contribution in [-0.4, -0.2) is 52.3 Å². The number of carbonyl (C=O) groups is 1. The van der Waals surface area contributed by atoms with E-state index in [1.165, 1.54) is 12.8 Å². The molecule has 0 aliphatic carbocycles. The Morgan fingerprint density at radius 2 is 2.43 bits per heavy atom. The Hall–Kier alpha value is -1.20. The van der Waals surface area contributed by atoms with E-state index in [4.69, 9.17) is 4.74 Å². The van der Waals surface area contributed by atoms with Crippen LogP contribution in [0.15, 0.2) is 12.3 Å². The average Bonchev–Trinajstić information content (AvgIpc) is 3.14. The molecular formula is C16H25N3O2. The Morgan fingerprint density at radius 3 is 3.24 bits per heavy atom. The molecule has 0 bridgehead atoms. The molecule has 1 aromatic rings. The summed E-state index contributed by atoms with van der Waals surface area (Å²) in [6.07, 6.45) is 5.56. The number of hydrogen-bond donors (Lipinski definition) is 0. The Bertz CT molecular complexity index is 499. The second-order valence-electron chi connectivity index (χ2n) is 6.30. The van der Waals surface area contributed by atoms with Crippen molar-refractivity contribution in [1.29, 1.82) is 0 Å². The summed E-state index contributed by atoms with van der Waals surface area (Å²) in [5, 5.41) is 4.51. The maximum atomic E-state index is 12.4. The van der Waals surface area contributed by atoms with Crippen molar-refractivity contribution in [2.75, 3.05) is 19.7 Å². The minimum Gasteiger partial charge on any atom is -0.367 e. The lowest BCUT2D eigenvalue weighted by Crippen LogP contribution is -2.49. The molecule has 0 amide bonds. The first kappa shape index (κ1) is 14.7. The zero-order valence-electron chi connectivity index (χ0n) is 13.0. The van der Waals surface area contributed by atoms with Crippen LogP contribution in [-0.2, 0) is 16.0 Å². The number of fused-ring (bicyclic) bond motifs is 1. The largest absolute Gasteiger partial charge is 0.367 e. The Labute approximate surface area is 126 Å².